The average Bonchev–Trinajstić information content (AvgIpc) is 3.30. The van der Waals surface area contributed by atoms with Gasteiger partial charge in [-0.3, -0.25) is 4.99 Å². The lowest BCUT2D eigenvalue weighted by molar-refractivity contribution is 0.172. The number of hydrogen-bond donors (Lipinski definition) is 2. The highest BCUT2D eigenvalue weighted by Crippen LogP contribution is 2.17. The molecule has 0 amide bonds. The molecule has 0 atom stereocenters. The Hall–Kier alpha value is -3.32. The maximum atomic E-state index is 5.75. The minimum Gasteiger partial charge on any atom is -0.493 e. The average molecular weight is 393 g/mol. The fraction of sp³-hybridized carbons (Fsp3) is 0.273. The maximum absolute atomic E-state index is 5.75. The molecule has 2 aromatic carbocycles. The zero-order valence-electron chi connectivity index (χ0n) is 16.8. The molecular weight excluding hydrogens is 366 g/mol. The summed E-state index contributed by atoms with van der Waals surface area (Å²) in [5.41, 5.74) is 3.10. The monoisotopic (exact) mass is 393 g/mol. The highest BCUT2D eigenvalue weighted by atomic mass is 16.5. The summed E-state index contributed by atoms with van der Waals surface area (Å²) >= 11 is 0. The van der Waals surface area contributed by atoms with E-state index in [0.29, 0.717) is 25.7 Å². The number of aromatic nitrogens is 2. The summed E-state index contributed by atoms with van der Waals surface area (Å²) in [6, 6.07) is 18.0. The lowest BCUT2D eigenvalue weighted by Crippen LogP contribution is -2.30. The van der Waals surface area contributed by atoms with Crippen LogP contribution in [0, 0.1) is 0 Å². The van der Waals surface area contributed by atoms with E-state index in [1.807, 2.05) is 53.3 Å². The minimum absolute atomic E-state index is 0.624. The maximum Gasteiger partial charge on any atom is 0.195 e. The summed E-state index contributed by atoms with van der Waals surface area (Å²) in [6.07, 6.45) is 4.55. The van der Waals surface area contributed by atoms with Crippen molar-refractivity contribution in [3.63, 3.8) is 0 Å². The van der Waals surface area contributed by atoms with Crippen LogP contribution in [-0.4, -0.2) is 43.1 Å². The van der Waals surface area contributed by atoms with Crippen LogP contribution in [0.15, 0.2) is 72.0 Å². The third-order valence-electron chi connectivity index (χ3n) is 4.25. The number of aliphatic imine (C=N–C) groups is 1. The second kappa shape index (κ2) is 10.9. The molecule has 0 fully saturated rings. The largest absolute Gasteiger partial charge is 0.493 e. The molecule has 3 rings (SSSR count). The summed E-state index contributed by atoms with van der Waals surface area (Å²) in [4.78, 5) is 4.30. The zero-order valence-corrected chi connectivity index (χ0v) is 16.8. The van der Waals surface area contributed by atoms with Crippen molar-refractivity contribution in [3.8, 4) is 11.4 Å². The quantitative estimate of drug-likeness (QED) is 0.331. The van der Waals surface area contributed by atoms with E-state index in [1.54, 1.807) is 20.4 Å². The molecule has 29 heavy (non-hydrogen) atoms. The number of hydrogen-bond acceptors (Lipinski definition) is 4. The van der Waals surface area contributed by atoms with Gasteiger partial charge < -0.3 is 20.1 Å². The van der Waals surface area contributed by atoms with Crippen molar-refractivity contribution in [1.29, 1.82) is 0 Å². The molecule has 7 nitrogen and oxygen atoms in total. The molecule has 0 spiro atoms. The molecule has 7 heteroatoms. The third-order valence-corrected chi connectivity index (χ3v) is 4.25. The molecule has 1 heterocycles. The Balaban J connectivity index is 1.51. The summed E-state index contributed by atoms with van der Waals surface area (Å²) in [5, 5.41) is 10.9. The Morgan fingerprint density at radius 3 is 2.69 bits per heavy atom. The Labute approximate surface area is 171 Å². The highest BCUT2D eigenvalue weighted by molar-refractivity contribution is 5.93. The van der Waals surface area contributed by atoms with E-state index in [4.69, 9.17) is 9.47 Å². The van der Waals surface area contributed by atoms with Crippen LogP contribution in [0.5, 0.6) is 5.75 Å². The number of ether oxygens (including phenoxy) is 2. The van der Waals surface area contributed by atoms with Gasteiger partial charge in [-0.25, -0.2) is 4.68 Å². The van der Waals surface area contributed by atoms with Gasteiger partial charge in [0.05, 0.1) is 12.3 Å². The van der Waals surface area contributed by atoms with Crippen LogP contribution in [0.4, 0.5) is 5.69 Å². The van der Waals surface area contributed by atoms with Crippen molar-refractivity contribution in [1.82, 2.24) is 15.1 Å². The summed E-state index contributed by atoms with van der Waals surface area (Å²) in [7, 11) is 3.44. The summed E-state index contributed by atoms with van der Waals surface area (Å²) < 4.78 is 12.6. The first-order chi connectivity index (χ1) is 14.3. The molecule has 0 aliphatic rings. The van der Waals surface area contributed by atoms with Crippen molar-refractivity contribution in [3.05, 3.63) is 72.6 Å². The number of nitrogens with zero attached hydrogens (tertiary/aromatic N) is 3. The van der Waals surface area contributed by atoms with Crippen LogP contribution in [0.3, 0.4) is 0 Å². The minimum atomic E-state index is 0.624. The first-order valence-corrected chi connectivity index (χ1v) is 9.57. The van der Waals surface area contributed by atoms with Gasteiger partial charge in [-0.15, -0.1) is 0 Å². The number of benzene rings is 2. The van der Waals surface area contributed by atoms with Gasteiger partial charge in [0.1, 0.15) is 5.75 Å². The fourth-order valence-electron chi connectivity index (χ4n) is 2.75. The van der Waals surface area contributed by atoms with Gasteiger partial charge in [0.25, 0.3) is 0 Å². The fourth-order valence-corrected chi connectivity index (χ4v) is 2.75. The molecule has 2 N–H and O–H groups in total. The molecule has 0 radical (unpaired) electrons. The van der Waals surface area contributed by atoms with Gasteiger partial charge in [-0.2, -0.15) is 5.10 Å². The van der Waals surface area contributed by atoms with Crippen LogP contribution < -0.4 is 15.4 Å². The Bertz CT molecular complexity index is 892. The zero-order chi connectivity index (χ0) is 20.3. The van der Waals surface area contributed by atoms with Gasteiger partial charge in [-0.1, -0.05) is 18.2 Å². The Kier molecular flexibility index (Phi) is 7.65. The van der Waals surface area contributed by atoms with Crippen LogP contribution in [0.1, 0.15) is 12.0 Å². The number of anilines is 1. The predicted molar refractivity (Wildman–Crippen MR) is 116 cm³/mol. The number of methoxy groups -OCH3 is 1. The second-order valence-electron chi connectivity index (χ2n) is 6.39. The first-order valence-electron chi connectivity index (χ1n) is 9.57. The third kappa shape index (κ3) is 6.36. The molecule has 0 unspecified atom stereocenters. The molecular formula is C22H27N5O2. The molecule has 152 valence electrons. The summed E-state index contributed by atoms with van der Waals surface area (Å²) in [6.45, 7) is 1.97. The first kappa shape index (κ1) is 20.4. The number of guanidine groups is 1. The van der Waals surface area contributed by atoms with Crippen molar-refractivity contribution in [2.45, 2.75) is 13.0 Å². The van der Waals surface area contributed by atoms with Crippen LogP contribution in [-0.2, 0) is 11.3 Å². The molecule has 0 saturated heterocycles. The lowest BCUT2D eigenvalue weighted by atomic mass is 10.2. The molecule has 0 bridgehead atoms. The number of nitrogens with one attached hydrogen (secondary N) is 2. The van der Waals surface area contributed by atoms with E-state index in [-0.39, 0.29) is 0 Å². The van der Waals surface area contributed by atoms with E-state index in [2.05, 4.69) is 32.9 Å². The topological polar surface area (TPSA) is 72.7 Å². The predicted octanol–water partition coefficient (Wildman–Crippen LogP) is 3.48. The molecule has 3 aromatic rings. The van der Waals surface area contributed by atoms with Gasteiger partial charge in [-0.05, 0) is 35.9 Å². The van der Waals surface area contributed by atoms with E-state index in [9.17, 15) is 0 Å². The molecule has 1 aromatic heterocycles. The summed E-state index contributed by atoms with van der Waals surface area (Å²) in [5.74, 6) is 1.51. The van der Waals surface area contributed by atoms with Gasteiger partial charge in [0.15, 0.2) is 5.96 Å². The van der Waals surface area contributed by atoms with Gasteiger partial charge in [0, 0.05) is 57.9 Å². The van der Waals surface area contributed by atoms with E-state index in [0.717, 1.165) is 29.1 Å². The van der Waals surface area contributed by atoms with Crippen LogP contribution >= 0.6 is 0 Å². The normalized spacial score (nSPS) is 11.3. The SMILES string of the molecule is CN=C(NCc1ccc(-n2cccn2)cc1)Nc1cccc(OCCCOC)c1. The van der Waals surface area contributed by atoms with E-state index < -0.39 is 0 Å². The molecule has 0 aliphatic carbocycles. The lowest BCUT2D eigenvalue weighted by Gasteiger charge is -2.13. The van der Waals surface area contributed by atoms with Crippen LogP contribution in [0.25, 0.3) is 5.69 Å². The van der Waals surface area contributed by atoms with Crippen molar-refractivity contribution < 1.29 is 9.47 Å². The molecule has 0 aliphatic heterocycles. The van der Waals surface area contributed by atoms with Crippen molar-refractivity contribution >= 4 is 11.6 Å². The van der Waals surface area contributed by atoms with Gasteiger partial charge in [0.2, 0.25) is 0 Å². The van der Waals surface area contributed by atoms with Crippen molar-refractivity contribution in [2.75, 3.05) is 32.7 Å². The Morgan fingerprint density at radius 2 is 1.97 bits per heavy atom. The van der Waals surface area contributed by atoms with E-state index in [1.165, 1.54) is 0 Å². The highest BCUT2D eigenvalue weighted by Gasteiger charge is 2.03. The van der Waals surface area contributed by atoms with Gasteiger partial charge >= 0.3 is 0 Å². The molecule has 0 saturated carbocycles. The standard InChI is InChI=1S/C22H27N5O2/c1-23-22(26-19-6-3-7-21(16-19)29-15-5-14-28-2)24-17-18-8-10-20(11-9-18)27-13-4-12-25-27/h3-4,6-13,16H,5,14-15,17H2,1-2H3,(H2,23,24,26). The van der Waals surface area contributed by atoms with E-state index >= 15 is 0 Å². The second-order valence-corrected chi connectivity index (χ2v) is 6.39. The Morgan fingerprint density at radius 1 is 1.10 bits per heavy atom. The number of rotatable bonds is 9. The smallest absolute Gasteiger partial charge is 0.195 e. The van der Waals surface area contributed by atoms with Crippen molar-refractivity contribution in [2.24, 2.45) is 4.99 Å². The van der Waals surface area contributed by atoms with Crippen LogP contribution in [0.2, 0.25) is 0 Å².